The molecule has 0 bridgehead atoms. The standard InChI is InChI=1S/C12H8FNO3/c13-9-3-1-2-4-11(9)17-8-5-6-14-10(7-8)12(15)16/h1-7H,(H,15,16). The summed E-state index contributed by atoms with van der Waals surface area (Å²) in [6.45, 7) is 0. The molecule has 0 radical (unpaired) electrons. The van der Waals surface area contributed by atoms with Gasteiger partial charge in [-0.05, 0) is 18.2 Å². The second-order valence-electron chi connectivity index (χ2n) is 3.21. The molecule has 0 fully saturated rings. The van der Waals surface area contributed by atoms with Gasteiger partial charge in [0.2, 0.25) is 0 Å². The second kappa shape index (κ2) is 4.61. The van der Waals surface area contributed by atoms with E-state index in [-0.39, 0.29) is 17.2 Å². The number of carboxylic acids is 1. The van der Waals surface area contributed by atoms with Crippen molar-refractivity contribution in [3.05, 3.63) is 54.1 Å². The van der Waals surface area contributed by atoms with E-state index in [0.717, 1.165) is 0 Å². The summed E-state index contributed by atoms with van der Waals surface area (Å²) >= 11 is 0. The number of ether oxygens (including phenoxy) is 1. The van der Waals surface area contributed by atoms with Crippen molar-refractivity contribution in [3.8, 4) is 11.5 Å². The molecule has 1 heterocycles. The maximum atomic E-state index is 13.3. The van der Waals surface area contributed by atoms with Gasteiger partial charge in [-0.2, -0.15) is 0 Å². The quantitative estimate of drug-likeness (QED) is 0.885. The molecular formula is C12H8FNO3. The number of carboxylic acid groups (broad SMARTS) is 1. The molecule has 0 aliphatic heterocycles. The van der Waals surface area contributed by atoms with Crippen LogP contribution in [0.5, 0.6) is 11.5 Å². The SMILES string of the molecule is O=C(O)c1cc(Oc2ccccc2F)ccn1. The predicted molar refractivity (Wildman–Crippen MR) is 57.7 cm³/mol. The summed E-state index contributed by atoms with van der Waals surface area (Å²) in [4.78, 5) is 14.3. The Hall–Kier alpha value is -2.43. The van der Waals surface area contributed by atoms with Gasteiger partial charge in [-0.15, -0.1) is 0 Å². The fourth-order valence-electron chi connectivity index (χ4n) is 1.25. The molecule has 86 valence electrons. The number of aromatic nitrogens is 1. The zero-order valence-corrected chi connectivity index (χ0v) is 8.63. The van der Waals surface area contributed by atoms with Crippen LogP contribution in [0.15, 0.2) is 42.6 Å². The first-order chi connectivity index (χ1) is 8.16. The van der Waals surface area contributed by atoms with E-state index in [4.69, 9.17) is 9.84 Å². The number of carbonyl (C=O) groups is 1. The molecule has 1 aromatic heterocycles. The highest BCUT2D eigenvalue weighted by Gasteiger charge is 2.08. The summed E-state index contributed by atoms with van der Waals surface area (Å²) < 4.78 is 18.5. The lowest BCUT2D eigenvalue weighted by molar-refractivity contribution is 0.0690. The second-order valence-corrected chi connectivity index (χ2v) is 3.21. The first kappa shape index (κ1) is 11.1. The summed E-state index contributed by atoms with van der Waals surface area (Å²) in [7, 11) is 0. The molecule has 17 heavy (non-hydrogen) atoms. The van der Waals surface area contributed by atoms with Gasteiger partial charge in [0, 0.05) is 12.3 Å². The van der Waals surface area contributed by atoms with Crippen LogP contribution in [0.4, 0.5) is 4.39 Å². The van der Waals surface area contributed by atoms with E-state index in [1.54, 1.807) is 6.07 Å². The average molecular weight is 233 g/mol. The van der Waals surface area contributed by atoms with Crippen molar-refractivity contribution in [1.29, 1.82) is 0 Å². The van der Waals surface area contributed by atoms with Crippen LogP contribution in [-0.2, 0) is 0 Å². The fraction of sp³-hybridized carbons (Fsp3) is 0. The molecule has 0 aliphatic rings. The van der Waals surface area contributed by atoms with Crippen LogP contribution in [0.25, 0.3) is 0 Å². The third-order valence-electron chi connectivity index (χ3n) is 2.01. The zero-order valence-electron chi connectivity index (χ0n) is 8.63. The fourth-order valence-corrected chi connectivity index (χ4v) is 1.25. The molecule has 0 unspecified atom stereocenters. The molecule has 4 nitrogen and oxygen atoms in total. The predicted octanol–water partition coefficient (Wildman–Crippen LogP) is 2.71. The lowest BCUT2D eigenvalue weighted by Gasteiger charge is -2.06. The number of nitrogens with zero attached hydrogens (tertiary/aromatic N) is 1. The van der Waals surface area contributed by atoms with Crippen LogP contribution in [0.3, 0.4) is 0 Å². The number of hydrogen-bond acceptors (Lipinski definition) is 3. The monoisotopic (exact) mass is 233 g/mol. The van der Waals surface area contributed by atoms with Gasteiger partial charge in [0.1, 0.15) is 5.75 Å². The minimum absolute atomic E-state index is 0.0371. The normalized spacial score (nSPS) is 9.94. The molecule has 1 N–H and O–H groups in total. The number of benzene rings is 1. The third kappa shape index (κ3) is 2.57. The van der Waals surface area contributed by atoms with Gasteiger partial charge in [-0.3, -0.25) is 0 Å². The van der Waals surface area contributed by atoms with Gasteiger partial charge in [-0.1, -0.05) is 12.1 Å². The Kier molecular flexibility index (Phi) is 3.00. The molecule has 0 spiro atoms. The zero-order chi connectivity index (χ0) is 12.3. The Morgan fingerprint density at radius 2 is 2.06 bits per heavy atom. The highest BCUT2D eigenvalue weighted by atomic mass is 19.1. The van der Waals surface area contributed by atoms with Crippen LogP contribution in [0.2, 0.25) is 0 Å². The molecule has 0 atom stereocenters. The van der Waals surface area contributed by atoms with Gasteiger partial charge >= 0.3 is 5.97 Å². The van der Waals surface area contributed by atoms with Crippen molar-refractivity contribution in [2.75, 3.05) is 0 Å². The molecular weight excluding hydrogens is 225 g/mol. The Bertz CT molecular complexity index is 557. The van der Waals surface area contributed by atoms with Gasteiger partial charge in [-0.25, -0.2) is 14.2 Å². The van der Waals surface area contributed by atoms with Crippen LogP contribution in [0, 0.1) is 5.82 Å². The van der Waals surface area contributed by atoms with Crippen LogP contribution >= 0.6 is 0 Å². The maximum absolute atomic E-state index is 13.3. The van der Waals surface area contributed by atoms with E-state index in [2.05, 4.69) is 4.98 Å². The van der Waals surface area contributed by atoms with Crippen LogP contribution in [0.1, 0.15) is 10.5 Å². The van der Waals surface area contributed by atoms with Gasteiger partial charge < -0.3 is 9.84 Å². The van der Waals surface area contributed by atoms with Crippen LogP contribution < -0.4 is 4.74 Å². The molecule has 0 amide bonds. The molecule has 0 saturated heterocycles. The van der Waals surface area contributed by atoms with E-state index >= 15 is 0 Å². The van der Waals surface area contributed by atoms with E-state index in [0.29, 0.717) is 0 Å². The lowest BCUT2D eigenvalue weighted by Crippen LogP contribution is -1.99. The number of hydrogen-bond donors (Lipinski definition) is 1. The maximum Gasteiger partial charge on any atom is 0.354 e. The summed E-state index contributed by atoms with van der Waals surface area (Å²) in [5.41, 5.74) is -0.154. The topological polar surface area (TPSA) is 59.4 Å². The Morgan fingerprint density at radius 1 is 1.29 bits per heavy atom. The Labute approximate surface area is 96.3 Å². The minimum Gasteiger partial charge on any atom is -0.477 e. The lowest BCUT2D eigenvalue weighted by atomic mass is 10.3. The van der Waals surface area contributed by atoms with Gasteiger partial charge in [0.15, 0.2) is 17.3 Å². The first-order valence-corrected chi connectivity index (χ1v) is 4.78. The third-order valence-corrected chi connectivity index (χ3v) is 2.01. The smallest absolute Gasteiger partial charge is 0.354 e. The Morgan fingerprint density at radius 3 is 2.76 bits per heavy atom. The van der Waals surface area contributed by atoms with Crippen molar-refractivity contribution in [1.82, 2.24) is 4.98 Å². The van der Waals surface area contributed by atoms with Crippen LogP contribution in [-0.4, -0.2) is 16.1 Å². The molecule has 0 aliphatic carbocycles. The number of rotatable bonds is 3. The summed E-state index contributed by atoms with van der Waals surface area (Å²) in [6, 6.07) is 8.56. The van der Waals surface area contributed by atoms with Gasteiger partial charge in [0.05, 0.1) is 0 Å². The average Bonchev–Trinajstić information content (AvgIpc) is 2.32. The van der Waals surface area contributed by atoms with E-state index < -0.39 is 11.8 Å². The first-order valence-electron chi connectivity index (χ1n) is 4.78. The van der Waals surface area contributed by atoms with E-state index in [1.807, 2.05) is 0 Å². The highest BCUT2D eigenvalue weighted by molar-refractivity contribution is 5.85. The number of para-hydroxylation sites is 1. The largest absolute Gasteiger partial charge is 0.477 e. The number of pyridine rings is 1. The molecule has 1 aromatic carbocycles. The Balaban J connectivity index is 2.28. The minimum atomic E-state index is -1.16. The summed E-state index contributed by atoms with van der Waals surface area (Å²) in [5.74, 6) is -1.41. The number of aromatic carboxylic acids is 1. The molecule has 2 rings (SSSR count). The molecule has 0 saturated carbocycles. The van der Waals surface area contributed by atoms with Crippen molar-refractivity contribution in [2.45, 2.75) is 0 Å². The van der Waals surface area contributed by atoms with E-state index in [1.165, 1.54) is 36.5 Å². The highest BCUT2D eigenvalue weighted by Crippen LogP contribution is 2.23. The molecule has 2 aromatic rings. The van der Waals surface area contributed by atoms with Gasteiger partial charge in [0.25, 0.3) is 0 Å². The summed E-state index contributed by atoms with van der Waals surface area (Å²) in [6.07, 6.45) is 1.29. The number of halogens is 1. The van der Waals surface area contributed by atoms with Crippen molar-refractivity contribution in [3.63, 3.8) is 0 Å². The van der Waals surface area contributed by atoms with Crippen molar-refractivity contribution >= 4 is 5.97 Å². The van der Waals surface area contributed by atoms with Crippen molar-refractivity contribution in [2.24, 2.45) is 0 Å². The summed E-state index contributed by atoms with van der Waals surface area (Å²) in [5, 5.41) is 8.74. The molecule has 5 heteroatoms. The van der Waals surface area contributed by atoms with Crippen molar-refractivity contribution < 1.29 is 19.0 Å². The van der Waals surface area contributed by atoms with E-state index in [9.17, 15) is 9.18 Å².